The lowest BCUT2D eigenvalue weighted by Gasteiger charge is -2.19. The van der Waals surface area contributed by atoms with E-state index >= 15 is 0 Å². The molecule has 1 aromatic rings. The molecule has 21 heavy (non-hydrogen) atoms. The topological polar surface area (TPSA) is 61.4 Å². The van der Waals surface area contributed by atoms with Crippen LogP contribution in [0.25, 0.3) is 0 Å². The summed E-state index contributed by atoms with van der Waals surface area (Å²) in [6.07, 6.45) is 1.70. The van der Waals surface area contributed by atoms with Gasteiger partial charge in [0.05, 0.1) is 5.02 Å². The third-order valence-electron chi connectivity index (χ3n) is 2.86. The van der Waals surface area contributed by atoms with Crippen molar-refractivity contribution in [1.29, 1.82) is 0 Å². The molecule has 0 aliphatic heterocycles. The number of nitrogens with one attached hydrogen (secondary N) is 2. The highest BCUT2D eigenvalue weighted by Crippen LogP contribution is 2.26. The zero-order valence-electron chi connectivity index (χ0n) is 12.2. The molecule has 0 fully saturated rings. The molecule has 0 aliphatic carbocycles. The summed E-state index contributed by atoms with van der Waals surface area (Å²) in [7, 11) is -2.38. The van der Waals surface area contributed by atoms with E-state index in [9.17, 15) is 12.8 Å². The molecule has 120 valence electrons. The van der Waals surface area contributed by atoms with Crippen LogP contribution in [0.1, 0.15) is 19.8 Å². The highest BCUT2D eigenvalue weighted by Gasteiger charge is 2.20. The fourth-order valence-corrected chi connectivity index (χ4v) is 2.91. The van der Waals surface area contributed by atoms with Crippen molar-refractivity contribution >= 4 is 27.5 Å². The van der Waals surface area contributed by atoms with E-state index in [2.05, 4.69) is 17.0 Å². The minimum Gasteiger partial charge on any atom is -0.317 e. The molecular weight excluding hydrogens is 317 g/mol. The lowest BCUT2D eigenvalue weighted by atomic mass is 10.3. The Balaban J connectivity index is 2.60. The second kappa shape index (κ2) is 8.53. The number of hydrogen-bond donors (Lipinski definition) is 2. The second-order valence-corrected chi connectivity index (χ2v) is 6.81. The van der Waals surface area contributed by atoms with Crippen molar-refractivity contribution in [3.05, 3.63) is 29.0 Å². The third kappa shape index (κ3) is 5.78. The van der Waals surface area contributed by atoms with Gasteiger partial charge in [-0.15, -0.1) is 0 Å². The Bertz CT molecular complexity index is 534. The zero-order chi connectivity index (χ0) is 15.9. The Kier molecular flexibility index (Phi) is 7.37. The van der Waals surface area contributed by atoms with Gasteiger partial charge in [0.15, 0.2) is 0 Å². The first-order valence-electron chi connectivity index (χ1n) is 6.77. The SMILES string of the molecule is CCCNCCCN(C)S(=O)(=O)Nc1c(F)cccc1Cl. The smallest absolute Gasteiger partial charge is 0.301 e. The monoisotopic (exact) mass is 337 g/mol. The Morgan fingerprint density at radius 3 is 2.67 bits per heavy atom. The summed E-state index contributed by atoms with van der Waals surface area (Å²) < 4.78 is 41.1. The average molecular weight is 338 g/mol. The van der Waals surface area contributed by atoms with Gasteiger partial charge in [-0.3, -0.25) is 4.72 Å². The summed E-state index contributed by atoms with van der Waals surface area (Å²) in [5.41, 5.74) is -0.227. The molecule has 1 rings (SSSR count). The van der Waals surface area contributed by atoms with Crippen LogP contribution in [0.3, 0.4) is 0 Å². The summed E-state index contributed by atoms with van der Waals surface area (Å²) in [4.78, 5) is 0. The Morgan fingerprint density at radius 1 is 1.33 bits per heavy atom. The van der Waals surface area contributed by atoms with Crippen molar-refractivity contribution in [3.8, 4) is 0 Å². The summed E-state index contributed by atoms with van der Waals surface area (Å²) >= 11 is 5.81. The van der Waals surface area contributed by atoms with Gasteiger partial charge in [0.25, 0.3) is 0 Å². The fourth-order valence-electron chi connectivity index (χ4n) is 1.65. The number of benzene rings is 1. The maximum absolute atomic E-state index is 13.6. The van der Waals surface area contributed by atoms with E-state index in [0.29, 0.717) is 13.0 Å². The van der Waals surface area contributed by atoms with E-state index in [1.165, 1.54) is 19.2 Å². The maximum atomic E-state index is 13.6. The highest BCUT2D eigenvalue weighted by atomic mass is 35.5. The van der Waals surface area contributed by atoms with Crippen molar-refractivity contribution in [2.45, 2.75) is 19.8 Å². The van der Waals surface area contributed by atoms with E-state index < -0.39 is 16.0 Å². The van der Waals surface area contributed by atoms with Crippen LogP contribution in [0.2, 0.25) is 5.02 Å². The predicted octanol–water partition coefficient (Wildman–Crippen LogP) is 2.46. The first kappa shape index (κ1) is 18.2. The van der Waals surface area contributed by atoms with Gasteiger partial charge in [-0.2, -0.15) is 12.7 Å². The molecule has 1 aromatic carbocycles. The molecule has 0 saturated carbocycles. The lowest BCUT2D eigenvalue weighted by molar-refractivity contribution is 0.458. The zero-order valence-corrected chi connectivity index (χ0v) is 13.8. The van der Waals surface area contributed by atoms with Gasteiger partial charge in [-0.25, -0.2) is 4.39 Å². The number of anilines is 1. The van der Waals surface area contributed by atoms with Crippen LogP contribution >= 0.6 is 11.6 Å². The van der Waals surface area contributed by atoms with Gasteiger partial charge < -0.3 is 5.32 Å². The molecule has 0 unspecified atom stereocenters. The summed E-state index contributed by atoms with van der Waals surface area (Å²) in [5.74, 6) is -0.705. The highest BCUT2D eigenvalue weighted by molar-refractivity contribution is 7.90. The molecule has 0 heterocycles. The molecular formula is C13H21ClFN3O2S. The number of rotatable bonds is 9. The van der Waals surface area contributed by atoms with E-state index in [4.69, 9.17) is 11.6 Å². The largest absolute Gasteiger partial charge is 0.317 e. The molecule has 5 nitrogen and oxygen atoms in total. The van der Waals surface area contributed by atoms with Crippen LogP contribution in [0, 0.1) is 5.82 Å². The Morgan fingerprint density at radius 2 is 2.05 bits per heavy atom. The number of hydrogen-bond acceptors (Lipinski definition) is 3. The molecule has 8 heteroatoms. The van der Waals surface area contributed by atoms with Crippen LogP contribution in [-0.4, -0.2) is 39.4 Å². The minimum atomic E-state index is -3.82. The van der Waals surface area contributed by atoms with Crippen molar-refractivity contribution in [2.24, 2.45) is 0 Å². The summed E-state index contributed by atoms with van der Waals surface area (Å²) in [6.45, 7) is 4.03. The summed E-state index contributed by atoms with van der Waals surface area (Å²) in [5, 5.41) is 3.21. The van der Waals surface area contributed by atoms with Gasteiger partial charge in [0.1, 0.15) is 11.5 Å². The first-order valence-corrected chi connectivity index (χ1v) is 8.59. The van der Waals surface area contributed by atoms with E-state index in [1.54, 1.807) is 0 Å². The number of para-hydroxylation sites is 1. The van der Waals surface area contributed by atoms with Crippen LogP contribution in [0.4, 0.5) is 10.1 Å². The molecule has 0 bridgehead atoms. The minimum absolute atomic E-state index is 0.0246. The van der Waals surface area contributed by atoms with Crippen molar-refractivity contribution in [2.75, 3.05) is 31.4 Å². The molecule has 0 atom stereocenters. The molecule has 0 spiro atoms. The maximum Gasteiger partial charge on any atom is 0.301 e. The van der Waals surface area contributed by atoms with Gasteiger partial charge in [-0.05, 0) is 38.1 Å². The second-order valence-electron chi connectivity index (χ2n) is 4.63. The molecule has 0 amide bonds. The third-order valence-corrected chi connectivity index (χ3v) is 4.64. The van der Waals surface area contributed by atoms with Crippen molar-refractivity contribution in [3.63, 3.8) is 0 Å². The lowest BCUT2D eigenvalue weighted by Crippen LogP contribution is -2.34. The van der Waals surface area contributed by atoms with E-state index in [0.717, 1.165) is 29.9 Å². The standard InChI is InChI=1S/C13H21ClFN3O2S/c1-3-8-16-9-5-10-18(2)21(19,20)17-13-11(14)6-4-7-12(13)15/h4,6-7,16-17H,3,5,8-10H2,1-2H3. The fraction of sp³-hybridized carbons (Fsp3) is 0.538. The van der Waals surface area contributed by atoms with Gasteiger partial charge in [0, 0.05) is 13.6 Å². The number of nitrogens with zero attached hydrogens (tertiary/aromatic N) is 1. The van der Waals surface area contributed by atoms with E-state index in [-0.39, 0.29) is 10.7 Å². The van der Waals surface area contributed by atoms with Crippen LogP contribution in [0.15, 0.2) is 18.2 Å². The van der Waals surface area contributed by atoms with Crippen molar-refractivity contribution in [1.82, 2.24) is 9.62 Å². The summed E-state index contributed by atoms with van der Waals surface area (Å²) in [6, 6.07) is 3.99. The Labute approximate surface area is 130 Å². The van der Waals surface area contributed by atoms with Gasteiger partial charge in [0.2, 0.25) is 0 Å². The van der Waals surface area contributed by atoms with Crippen LogP contribution in [0.5, 0.6) is 0 Å². The Hall–Kier alpha value is -0.890. The molecule has 0 radical (unpaired) electrons. The first-order chi connectivity index (χ1) is 9.88. The molecule has 2 N–H and O–H groups in total. The average Bonchev–Trinajstić information content (AvgIpc) is 2.42. The molecule has 0 saturated heterocycles. The molecule has 0 aliphatic rings. The normalized spacial score (nSPS) is 11.9. The quantitative estimate of drug-likeness (QED) is 0.680. The predicted molar refractivity (Wildman–Crippen MR) is 84.4 cm³/mol. The van der Waals surface area contributed by atoms with E-state index in [1.807, 2.05) is 0 Å². The van der Waals surface area contributed by atoms with Gasteiger partial charge in [-0.1, -0.05) is 24.6 Å². The van der Waals surface area contributed by atoms with Gasteiger partial charge >= 0.3 is 10.2 Å². The molecule has 0 aromatic heterocycles. The van der Waals surface area contributed by atoms with Crippen LogP contribution in [-0.2, 0) is 10.2 Å². The van der Waals surface area contributed by atoms with Crippen LogP contribution < -0.4 is 10.0 Å². The van der Waals surface area contributed by atoms with Crippen molar-refractivity contribution < 1.29 is 12.8 Å². The number of halogens is 2.